The topological polar surface area (TPSA) is 91.2 Å². The summed E-state index contributed by atoms with van der Waals surface area (Å²) in [5.74, 6) is 0.389. The Bertz CT molecular complexity index is 950. The summed E-state index contributed by atoms with van der Waals surface area (Å²) in [4.78, 5) is 12.2. The second kappa shape index (κ2) is 8.49. The van der Waals surface area contributed by atoms with Gasteiger partial charge in [-0.1, -0.05) is 23.9 Å². The number of tetrazole rings is 1. The zero-order valence-corrected chi connectivity index (χ0v) is 15.4. The number of ether oxygens (including phenoxy) is 2. The molecule has 3 aromatic rings. The van der Waals surface area contributed by atoms with Crippen molar-refractivity contribution in [3.63, 3.8) is 0 Å². The Hall–Kier alpha value is -3.14. The van der Waals surface area contributed by atoms with Gasteiger partial charge in [-0.3, -0.25) is 4.79 Å². The largest absolute Gasteiger partial charge is 0.493 e. The first-order chi connectivity index (χ1) is 13.1. The number of halogens is 1. The number of aromatic nitrogens is 4. The van der Waals surface area contributed by atoms with Crippen LogP contribution in [0, 0.1) is 5.82 Å². The van der Waals surface area contributed by atoms with Crippen molar-refractivity contribution in [1.82, 2.24) is 20.2 Å². The van der Waals surface area contributed by atoms with E-state index in [2.05, 4.69) is 20.8 Å². The third kappa shape index (κ3) is 4.34. The van der Waals surface area contributed by atoms with Crippen LogP contribution < -0.4 is 14.8 Å². The lowest BCUT2D eigenvalue weighted by Crippen LogP contribution is -2.14. The molecule has 10 heteroatoms. The van der Waals surface area contributed by atoms with E-state index in [-0.39, 0.29) is 17.3 Å². The van der Waals surface area contributed by atoms with Gasteiger partial charge >= 0.3 is 0 Å². The van der Waals surface area contributed by atoms with Crippen molar-refractivity contribution < 1.29 is 18.7 Å². The molecule has 0 bridgehead atoms. The van der Waals surface area contributed by atoms with Gasteiger partial charge in [0.25, 0.3) is 0 Å². The highest BCUT2D eigenvalue weighted by Crippen LogP contribution is 2.30. The van der Waals surface area contributed by atoms with E-state index in [4.69, 9.17) is 9.47 Å². The fraction of sp³-hybridized carbons (Fsp3) is 0.176. The van der Waals surface area contributed by atoms with Crippen LogP contribution >= 0.6 is 11.8 Å². The number of nitrogens with zero attached hydrogens (tertiary/aromatic N) is 4. The average molecular weight is 389 g/mol. The van der Waals surface area contributed by atoms with E-state index in [1.165, 1.54) is 25.0 Å². The van der Waals surface area contributed by atoms with Crippen LogP contribution in [0.3, 0.4) is 0 Å². The molecule has 8 nitrogen and oxygen atoms in total. The minimum atomic E-state index is -0.457. The second-order valence-corrected chi connectivity index (χ2v) is 6.17. The Labute approximate surface area is 158 Å². The molecule has 0 saturated heterocycles. The average Bonchev–Trinajstić information content (AvgIpc) is 3.15. The van der Waals surface area contributed by atoms with Crippen molar-refractivity contribution in [2.75, 3.05) is 25.3 Å². The fourth-order valence-corrected chi connectivity index (χ4v) is 2.97. The Balaban J connectivity index is 1.66. The second-order valence-electron chi connectivity index (χ2n) is 5.23. The van der Waals surface area contributed by atoms with Crippen LogP contribution in [0.15, 0.2) is 47.6 Å². The first kappa shape index (κ1) is 18.6. The SMILES string of the molecule is COc1ccc(NC(=O)CSc2nnnn2-c2ccccc2F)cc1OC. The molecule has 140 valence electrons. The number of nitrogens with one attached hydrogen (secondary N) is 1. The number of hydrogen-bond acceptors (Lipinski definition) is 7. The summed E-state index contributed by atoms with van der Waals surface area (Å²) in [6, 6.07) is 11.2. The van der Waals surface area contributed by atoms with Crippen molar-refractivity contribution >= 4 is 23.4 Å². The Morgan fingerprint density at radius 3 is 2.70 bits per heavy atom. The molecule has 1 N–H and O–H groups in total. The third-order valence-electron chi connectivity index (χ3n) is 3.52. The third-order valence-corrected chi connectivity index (χ3v) is 4.44. The van der Waals surface area contributed by atoms with Crippen molar-refractivity contribution in [3.05, 3.63) is 48.3 Å². The van der Waals surface area contributed by atoms with Gasteiger partial charge in [0.1, 0.15) is 11.5 Å². The number of carbonyl (C=O) groups is 1. The Kier molecular flexibility index (Phi) is 5.87. The Morgan fingerprint density at radius 2 is 1.96 bits per heavy atom. The zero-order valence-electron chi connectivity index (χ0n) is 14.5. The van der Waals surface area contributed by atoms with Gasteiger partial charge in [-0.2, -0.15) is 4.68 Å². The number of amides is 1. The van der Waals surface area contributed by atoms with E-state index < -0.39 is 5.82 Å². The lowest BCUT2D eigenvalue weighted by molar-refractivity contribution is -0.113. The van der Waals surface area contributed by atoms with Gasteiger partial charge in [-0.25, -0.2) is 4.39 Å². The number of methoxy groups -OCH3 is 2. The molecule has 0 radical (unpaired) electrons. The lowest BCUT2D eigenvalue weighted by atomic mass is 10.2. The molecule has 1 amide bonds. The molecule has 27 heavy (non-hydrogen) atoms. The van der Waals surface area contributed by atoms with Crippen molar-refractivity contribution in [1.29, 1.82) is 0 Å². The molecule has 1 heterocycles. The fourth-order valence-electron chi connectivity index (χ4n) is 2.28. The van der Waals surface area contributed by atoms with Crippen LogP contribution in [-0.4, -0.2) is 46.1 Å². The molecule has 2 aromatic carbocycles. The molecule has 3 rings (SSSR count). The minimum Gasteiger partial charge on any atom is -0.493 e. The molecule has 0 aliphatic carbocycles. The predicted octanol–water partition coefficient (Wildman–Crippen LogP) is 2.55. The van der Waals surface area contributed by atoms with Crippen LogP contribution in [0.1, 0.15) is 0 Å². The number of carbonyl (C=O) groups excluding carboxylic acids is 1. The van der Waals surface area contributed by atoms with E-state index in [0.29, 0.717) is 22.3 Å². The molecule has 0 aliphatic heterocycles. The van der Waals surface area contributed by atoms with Gasteiger partial charge in [0, 0.05) is 11.8 Å². The molecule has 0 unspecified atom stereocenters. The van der Waals surface area contributed by atoms with E-state index in [0.717, 1.165) is 11.8 Å². The summed E-state index contributed by atoms with van der Waals surface area (Å²) in [7, 11) is 3.05. The molecular weight excluding hydrogens is 373 g/mol. The molecule has 0 aliphatic rings. The van der Waals surface area contributed by atoms with E-state index >= 15 is 0 Å². The molecule has 0 fully saturated rings. The Morgan fingerprint density at radius 1 is 1.19 bits per heavy atom. The zero-order chi connectivity index (χ0) is 19.2. The van der Waals surface area contributed by atoms with Crippen LogP contribution in [0.5, 0.6) is 11.5 Å². The van der Waals surface area contributed by atoms with Gasteiger partial charge < -0.3 is 14.8 Å². The van der Waals surface area contributed by atoms with Crippen LogP contribution in [-0.2, 0) is 4.79 Å². The van der Waals surface area contributed by atoms with Crippen molar-refractivity contribution in [3.8, 4) is 17.2 Å². The quantitative estimate of drug-likeness (QED) is 0.621. The number of thioether (sulfide) groups is 1. The van der Waals surface area contributed by atoms with Gasteiger partial charge in [0.15, 0.2) is 11.5 Å². The normalized spacial score (nSPS) is 10.5. The van der Waals surface area contributed by atoms with Gasteiger partial charge in [0.05, 0.1) is 20.0 Å². The summed E-state index contributed by atoms with van der Waals surface area (Å²) in [6.45, 7) is 0. The molecule has 0 atom stereocenters. The van der Waals surface area contributed by atoms with Gasteiger partial charge in [-0.05, 0) is 34.7 Å². The minimum absolute atomic E-state index is 0.0448. The number of anilines is 1. The van der Waals surface area contributed by atoms with Gasteiger partial charge in [-0.15, -0.1) is 5.10 Å². The molecule has 1 aromatic heterocycles. The van der Waals surface area contributed by atoms with Gasteiger partial charge in [0.2, 0.25) is 11.1 Å². The summed E-state index contributed by atoms with van der Waals surface area (Å²) < 4.78 is 25.5. The van der Waals surface area contributed by atoms with Crippen molar-refractivity contribution in [2.45, 2.75) is 5.16 Å². The summed E-state index contributed by atoms with van der Waals surface area (Å²) in [5, 5.41) is 14.2. The summed E-state index contributed by atoms with van der Waals surface area (Å²) >= 11 is 1.09. The highest BCUT2D eigenvalue weighted by atomic mass is 32.2. The number of benzene rings is 2. The van der Waals surface area contributed by atoms with E-state index in [9.17, 15) is 9.18 Å². The monoisotopic (exact) mass is 389 g/mol. The predicted molar refractivity (Wildman–Crippen MR) is 98.0 cm³/mol. The van der Waals surface area contributed by atoms with Crippen LogP contribution in [0.4, 0.5) is 10.1 Å². The smallest absolute Gasteiger partial charge is 0.234 e. The van der Waals surface area contributed by atoms with Crippen LogP contribution in [0.2, 0.25) is 0 Å². The molecule has 0 spiro atoms. The number of rotatable bonds is 7. The number of hydrogen-bond donors (Lipinski definition) is 1. The van der Waals surface area contributed by atoms with Crippen LogP contribution in [0.25, 0.3) is 5.69 Å². The first-order valence-electron chi connectivity index (χ1n) is 7.80. The summed E-state index contributed by atoms with van der Waals surface area (Å²) in [6.07, 6.45) is 0. The molecular formula is C17H16FN5O3S. The van der Waals surface area contributed by atoms with E-state index in [1.807, 2.05) is 0 Å². The lowest BCUT2D eigenvalue weighted by Gasteiger charge is -2.10. The van der Waals surface area contributed by atoms with E-state index in [1.54, 1.807) is 36.4 Å². The highest BCUT2D eigenvalue weighted by molar-refractivity contribution is 7.99. The van der Waals surface area contributed by atoms with Crippen molar-refractivity contribution in [2.24, 2.45) is 0 Å². The molecule has 0 saturated carbocycles. The maximum Gasteiger partial charge on any atom is 0.234 e. The standard InChI is InChI=1S/C17H16FN5O3S/c1-25-14-8-7-11(9-15(14)26-2)19-16(24)10-27-17-20-21-22-23(17)13-6-4-3-5-12(13)18/h3-9H,10H2,1-2H3,(H,19,24). The summed E-state index contributed by atoms with van der Waals surface area (Å²) in [5.41, 5.74) is 0.775. The highest BCUT2D eigenvalue weighted by Gasteiger charge is 2.14. The number of para-hydroxylation sites is 1. The first-order valence-corrected chi connectivity index (χ1v) is 8.79. The maximum atomic E-state index is 13.9. The maximum absolute atomic E-state index is 13.9.